The predicted octanol–water partition coefficient (Wildman–Crippen LogP) is 2.76. The number of likely N-dealkylation sites (tertiary alicyclic amines) is 1. The van der Waals surface area contributed by atoms with Gasteiger partial charge in [-0.25, -0.2) is 4.79 Å². The summed E-state index contributed by atoms with van der Waals surface area (Å²) in [6, 6.07) is 0.679. The summed E-state index contributed by atoms with van der Waals surface area (Å²) in [5.41, 5.74) is 0.614. The molecule has 2 aliphatic rings. The molecule has 1 aliphatic carbocycles. The Hall–Kier alpha value is -0.830. The average molecular weight is 251 g/mol. The van der Waals surface area contributed by atoms with E-state index in [0.717, 1.165) is 12.5 Å². The summed E-state index contributed by atoms with van der Waals surface area (Å²) in [7, 11) is 0. The maximum atomic E-state index is 11.6. The Bertz CT molecular complexity index is 312. The van der Waals surface area contributed by atoms with E-state index in [1.807, 2.05) is 6.92 Å². The number of ether oxygens (including phenoxy) is 1. The van der Waals surface area contributed by atoms with Crippen molar-refractivity contribution in [2.24, 2.45) is 5.92 Å². The van der Waals surface area contributed by atoms with E-state index in [2.05, 4.69) is 11.5 Å². The maximum Gasteiger partial charge on any atom is 0.334 e. The molecule has 1 saturated carbocycles. The molecular weight excluding hydrogens is 226 g/mol. The van der Waals surface area contributed by atoms with Crippen LogP contribution in [0.4, 0.5) is 0 Å². The topological polar surface area (TPSA) is 29.5 Å². The molecule has 3 heteroatoms. The van der Waals surface area contributed by atoms with Gasteiger partial charge in [0.25, 0.3) is 0 Å². The Balaban J connectivity index is 1.91. The first kappa shape index (κ1) is 13.6. The molecular formula is C15H25NO2. The molecule has 2 fully saturated rings. The second-order valence-electron chi connectivity index (χ2n) is 5.55. The highest BCUT2D eigenvalue weighted by Crippen LogP contribution is 2.35. The number of fused-ring (bicyclic) bond motifs is 1. The Kier molecular flexibility index (Phi) is 4.81. The maximum absolute atomic E-state index is 11.6. The molecule has 2 atom stereocenters. The van der Waals surface area contributed by atoms with Gasteiger partial charge in [0.1, 0.15) is 0 Å². The molecule has 0 amide bonds. The summed E-state index contributed by atoms with van der Waals surface area (Å²) < 4.78 is 5.02. The van der Waals surface area contributed by atoms with Crippen molar-refractivity contribution in [1.29, 1.82) is 0 Å². The highest BCUT2D eigenvalue weighted by atomic mass is 16.5. The fourth-order valence-corrected chi connectivity index (χ4v) is 3.47. The van der Waals surface area contributed by atoms with Gasteiger partial charge in [-0.3, -0.25) is 4.90 Å². The van der Waals surface area contributed by atoms with Gasteiger partial charge in [-0.1, -0.05) is 19.4 Å². The average Bonchev–Trinajstić information content (AvgIpc) is 2.39. The summed E-state index contributed by atoms with van der Waals surface area (Å²) in [5, 5.41) is 0. The number of piperidine rings is 1. The smallest absolute Gasteiger partial charge is 0.334 e. The zero-order chi connectivity index (χ0) is 13.0. The van der Waals surface area contributed by atoms with Crippen LogP contribution in [0.5, 0.6) is 0 Å². The third kappa shape index (κ3) is 3.14. The quantitative estimate of drug-likeness (QED) is 0.568. The van der Waals surface area contributed by atoms with Crippen LogP contribution in [0.1, 0.15) is 45.4 Å². The van der Waals surface area contributed by atoms with Crippen LogP contribution in [0.2, 0.25) is 0 Å². The minimum absolute atomic E-state index is 0.226. The van der Waals surface area contributed by atoms with Crippen molar-refractivity contribution in [3.05, 3.63) is 12.2 Å². The van der Waals surface area contributed by atoms with E-state index in [0.29, 0.717) is 24.8 Å². The Morgan fingerprint density at radius 2 is 2.00 bits per heavy atom. The largest absolute Gasteiger partial charge is 0.463 e. The van der Waals surface area contributed by atoms with Gasteiger partial charge in [0, 0.05) is 18.2 Å². The Labute approximate surface area is 110 Å². The van der Waals surface area contributed by atoms with Crippen LogP contribution in [-0.4, -0.2) is 36.6 Å². The first-order valence-corrected chi connectivity index (χ1v) is 7.31. The van der Waals surface area contributed by atoms with Gasteiger partial charge in [0.2, 0.25) is 0 Å². The molecule has 0 aromatic carbocycles. The van der Waals surface area contributed by atoms with Gasteiger partial charge in [0.05, 0.1) is 6.61 Å². The molecule has 0 aromatic heterocycles. The molecule has 18 heavy (non-hydrogen) atoms. The molecule has 1 aliphatic heterocycles. The third-order valence-electron chi connectivity index (χ3n) is 4.32. The Morgan fingerprint density at radius 1 is 1.28 bits per heavy atom. The number of carbonyl (C=O) groups excluding carboxylic acids is 1. The molecule has 0 N–H and O–H groups in total. The first-order chi connectivity index (χ1) is 8.72. The lowest BCUT2D eigenvalue weighted by atomic mass is 9.78. The van der Waals surface area contributed by atoms with E-state index < -0.39 is 0 Å². The molecule has 0 unspecified atom stereocenters. The zero-order valence-electron chi connectivity index (χ0n) is 11.5. The lowest BCUT2D eigenvalue weighted by molar-refractivity contribution is -0.138. The van der Waals surface area contributed by atoms with Crippen molar-refractivity contribution >= 4 is 5.97 Å². The number of esters is 1. The molecule has 2 rings (SSSR count). The van der Waals surface area contributed by atoms with E-state index in [-0.39, 0.29) is 5.97 Å². The molecule has 0 bridgehead atoms. The number of nitrogens with zero attached hydrogens (tertiary/aromatic N) is 1. The van der Waals surface area contributed by atoms with Crippen molar-refractivity contribution < 1.29 is 9.53 Å². The van der Waals surface area contributed by atoms with Gasteiger partial charge in [-0.15, -0.1) is 0 Å². The van der Waals surface area contributed by atoms with Gasteiger partial charge in [0.15, 0.2) is 0 Å². The van der Waals surface area contributed by atoms with Crippen LogP contribution < -0.4 is 0 Å². The molecule has 0 aromatic rings. The van der Waals surface area contributed by atoms with Crippen molar-refractivity contribution in [3.8, 4) is 0 Å². The zero-order valence-corrected chi connectivity index (χ0v) is 11.5. The van der Waals surface area contributed by atoms with Crippen LogP contribution in [0.3, 0.4) is 0 Å². The van der Waals surface area contributed by atoms with Gasteiger partial charge in [-0.2, -0.15) is 0 Å². The molecule has 102 valence electrons. The van der Waals surface area contributed by atoms with E-state index in [9.17, 15) is 4.79 Å². The van der Waals surface area contributed by atoms with Crippen LogP contribution in [-0.2, 0) is 9.53 Å². The van der Waals surface area contributed by atoms with Gasteiger partial charge in [-0.05, 0) is 45.1 Å². The standard InChI is InChI=1S/C15H25NO2/c1-3-18-15(17)12(2)11-16-10-6-8-13-7-4-5-9-14(13)16/h13-14H,2-11H2,1H3/t13-,14-/m1/s1. The highest BCUT2D eigenvalue weighted by Gasteiger charge is 2.33. The minimum atomic E-state index is -0.226. The molecule has 1 heterocycles. The Morgan fingerprint density at radius 3 is 2.78 bits per heavy atom. The van der Waals surface area contributed by atoms with Crippen molar-refractivity contribution in [2.45, 2.75) is 51.5 Å². The van der Waals surface area contributed by atoms with Crippen LogP contribution in [0.25, 0.3) is 0 Å². The number of hydrogen-bond donors (Lipinski definition) is 0. The summed E-state index contributed by atoms with van der Waals surface area (Å²) in [5.74, 6) is 0.623. The fraction of sp³-hybridized carbons (Fsp3) is 0.800. The van der Waals surface area contributed by atoms with Crippen LogP contribution in [0.15, 0.2) is 12.2 Å². The van der Waals surface area contributed by atoms with Gasteiger partial charge >= 0.3 is 5.97 Å². The van der Waals surface area contributed by atoms with E-state index in [4.69, 9.17) is 4.74 Å². The summed E-state index contributed by atoms with van der Waals surface area (Å²) in [4.78, 5) is 14.1. The second kappa shape index (κ2) is 6.37. The molecule has 3 nitrogen and oxygen atoms in total. The first-order valence-electron chi connectivity index (χ1n) is 7.31. The predicted molar refractivity (Wildman–Crippen MR) is 72.3 cm³/mol. The molecule has 0 spiro atoms. The number of hydrogen-bond acceptors (Lipinski definition) is 3. The monoisotopic (exact) mass is 251 g/mol. The SMILES string of the molecule is C=C(CN1CCC[C@H]2CCCC[C@H]21)C(=O)OCC. The van der Waals surface area contributed by atoms with Crippen LogP contribution in [0, 0.1) is 5.92 Å². The van der Waals surface area contributed by atoms with Gasteiger partial charge < -0.3 is 4.74 Å². The van der Waals surface area contributed by atoms with Crippen molar-refractivity contribution in [3.63, 3.8) is 0 Å². The fourth-order valence-electron chi connectivity index (χ4n) is 3.47. The number of rotatable bonds is 4. The highest BCUT2D eigenvalue weighted by molar-refractivity contribution is 5.88. The van der Waals surface area contributed by atoms with E-state index >= 15 is 0 Å². The lowest BCUT2D eigenvalue weighted by Crippen LogP contribution is -2.47. The summed E-state index contributed by atoms with van der Waals surface area (Å²) in [6.07, 6.45) is 8.01. The summed E-state index contributed by atoms with van der Waals surface area (Å²) >= 11 is 0. The van der Waals surface area contributed by atoms with Crippen molar-refractivity contribution in [1.82, 2.24) is 4.90 Å². The summed E-state index contributed by atoms with van der Waals surface area (Å²) in [6.45, 7) is 7.96. The number of carbonyl (C=O) groups is 1. The van der Waals surface area contributed by atoms with E-state index in [1.54, 1.807) is 0 Å². The van der Waals surface area contributed by atoms with E-state index in [1.165, 1.54) is 38.5 Å². The minimum Gasteiger partial charge on any atom is -0.463 e. The molecule has 0 radical (unpaired) electrons. The van der Waals surface area contributed by atoms with Crippen molar-refractivity contribution in [2.75, 3.05) is 19.7 Å². The second-order valence-corrected chi connectivity index (χ2v) is 5.55. The third-order valence-corrected chi connectivity index (χ3v) is 4.32. The lowest BCUT2D eigenvalue weighted by Gasteiger charge is -2.44. The molecule has 1 saturated heterocycles. The van der Waals surface area contributed by atoms with Crippen LogP contribution >= 0.6 is 0 Å². The normalized spacial score (nSPS) is 28.5.